The number of alkyl halides is 8. The predicted octanol–water partition coefficient (Wildman–Crippen LogP) is 7.52. The van der Waals surface area contributed by atoms with Crippen molar-refractivity contribution >= 4 is 23.2 Å². The highest BCUT2D eigenvalue weighted by Gasteiger charge is 2.73. The first-order valence-corrected chi connectivity index (χ1v) is 9.66. The number of amides is 1. The Labute approximate surface area is 179 Å². The minimum absolute atomic E-state index is 0.0129. The molecule has 1 heterocycles. The normalized spacial score (nSPS) is 16.7. The van der Waals surface area contributed by atoms with E-state index in [1.54, 1.807) is 19.1 Å². The zero-order valence-electron chi connectivity index (χ0n) is 16.9. The van der Waals surface area contributed by atoms with Crippen LogP contribution in [0.4, 0.5) is 36.4 Å². The number of benzene rings is 2. The summed E-state index contributed by atoms with van der Waals surface area (Å²) in [5.41, 5.74) is -6.88. The maximum absolute atomic E-state index is 14.3. The Hall–Kier alpha value is -2.29. The fourth-order valence-corrected chi connectivity index (χ4v) is 3.89. The Morgan fingerprint density at radius 1 is 0.871 bits per heavy atom. The molecule has 0 spiro atoms. The second-order valence-corrected chi connectivity index (χ2v) is 7.12. The molecule has 1 amide bonds. The number of fused-ring (bicyclic) bond motifs is 1. The van der Waals surface area contributed by atoms with Crippen molar-refractivity contribution in [3.8, 4) is 0 Å². The molecule has 0 saturated heterocycles. The molecule has 0 bridgehead atoms. The lowest BCUT2D eigenvalue weighted by atomic mass is 9.92. The van der Waals surface area contributed by atoms with Crippen molar-refractivity contribution in [1.29, 1.82) is 0 Å². The predicted molar refractivity (Wildman–Crippen MR) is 104 cm³/mol. The lowest BCUT2D eigenvalue weighted by Crippen LogP contribution is -2.50. The topological polar surface area (TPSA) is 20.3 Å². The van der Waals surface area contributed by atoms with E-state index in [0.717, 1.165) is 11.0 Å². The zero-order chi connectivity index (χ0) is 23.9. The van der Waals surface area contributed by atoms with Crippen LogP contribution in [0.3, 0.4) is 0 Å². The molecular weight excluding hydrogens is 451 g/mol. The Balaban J connectivity index is 0.00000166. The molecule has 0 N–H and O–H groups in total. The van der Waals surface area contributed by atoms with Gasteiger partial charge in [-0.25, -0.2) is 4.39 Å². The maximum Gasteiger partial charge on any atom is 0.435 e. The zero-order valence-corrected chi connectivity index (χ0v) is 17.7. The first kappa shape index (κ1) is 25.0. The molecule has 0 aromatic heterocycles. The van der Waals surface area contributed by atoms with Crippen molar-refractivity contribution in [1.82, 2.24) is 0 Å². The van der Waals surface area contributed by atoms with Crippen LogP contribution in [0.15, 0.2) is 36.4 Å². The summed E-state index contributed by atoms with van der Waals surface area (Å²) < 4.78 is 92.2. The van der Waals surface area contributed by atoms with Gasteiger partial charge in [0.1, 0.15) is 5.50 Å². The molecule has 0 radical (unpaired) electrons. The maximum atomic E-state index is 14.3. The van der Waals surface area contributed by atoms with Crippen LogP contribution in [0.1, 0.15) is 52.0 Å². The van der Waals surface area contributed by atoms with Crippen molar-refractivity contribution in [2.24, 2.45) is 0 Å². The van der Waals surface area contributed by atoms with Gasteiger partial charge in [0.15, 0.2) is 0 Å². The van der Waals surface area contributed by atoms with E-state index >= 15 is 0 Å². The van der Waals surface area contributed by atoms with E-state index in [9.17, 15) is 35.5 Å². The van der Waals surface area contributed by atoms with Crippen LogP contribution in [-0.2, 0) is 5.67 Å². The second-order valence-electron chi connectivity index (χ2n) is 6.70. The summed E-state index contributed by atoms with van der Waals surface area (Å²) in [4.78, 5) is 13.8. The minimum atomic E-state index is -6.22. The minimum Gasteiger partial charge on any atom is -0.287 e. The third-order valence-corrected chi connectivity index (χ3v) is 5.29. The fourth-order valence-electron chi connectivity index (χ4n) is 3.40. The monoisotopic (exact) mass is 469 g/mol. The summed E-state index contributed by atoms with van der Waals surface area (Å²) >= 11 is 6.36. The highest BCUT2D eigenvalue weighted by molar-refractivity contribution is 6.29. The van der Waals surface area contributed by atoms with Crippen molar-refractivity contribution in [2.45, 2.75) is 51.2 Å². The smallest absolute Gasteiger partial charge is 0.287 e. The van der Waals surface area contributed by atoms with Crippen LogP contribution in [0.25, 0.3) is 0 Å². The van der Waals surface area contributed by atoms with Crippen LogP contribution in [0, 0.1) is 13.8 Å². The summed E-state index contributed by atoms with van der Waals surface area (Å²) in [6.07, 6.45) is -12.4. The van der Waals surface area contributed by atoms with Crippen molar-refractivity contribution in [2.75, 3.05) is 4.90 Å². The highest BCUT2D eigenvalue weighted by Crippen LogP contribution is 2.54. The van der Waals surface area contributed by atoms with Crippen molar-refractivity contribution in [3.63, 3.8) is 0 Å². The van der Waals surface area contributed by atoms with Gasteiger partial charge in [0.05, 0.1) is 0 Å². The largest absolute Gasteiger partial charge is 0.435 e. The van der Waals surface area contributed by atoms with E-state index in [-0.39, 0.29) is 16.8 Å². The number of rotatable bonds is 2. The third kappa shape index (κ3) is 3.88. The molecule has 0 fully saturated rings. The summed E-state index contributed by atoms with van der Waals surface area (Å²) in [5, 5.41) is 0. The molecule has 170 valence electrons. The second kappa shape index (κ2) is 8.33. The molecule has 1 atom stereocenters. The van der Waals surface area contributed by atoms with Crippen LogP contribution >= 0.6 is 11.6 Å². The number of carbonyl (C=O) groups excluding carboxylic acids is 1. The number of hydrogen-bond acceptors (Lipinski definition) is 1. The Kier molecular flexibility index (Phi) is 6.71. The van der Waals surface area contributed by atoms with Crippen molar-refractivity contribution in [3.05, 3.63) is 64.2 Å². The molecule has 0 aliphatic carbocycles. The first-order chi connectivity index (χ1) is 14.2. The van der Waals surface area contributed by atoms with Gasteiger partial charge in [-0.1, -0.05) is 49.7 Å². The Morgan fingerprint density at radius 2 is 1.42 bits per heavy atom. The average molecular weight is 470 g/mol. The summed E-state index contributed by atoms with van der Waals surface area (Å²) in [6, 6.07) is 6.50. The van der Waals surface area contributed by atoms with Gasteiger partial charge in [-0.3, -0.25) is 9.69 Å². The first-order valence-electron chi connectivity index (χ1n) is 9.22. The van der Waals surface area contributed by atoms with Gasteiger partial charge in [0, 0.05) is 22.4 Å². The van der Waals surface area contributed by atoms with Crippen LogP contribution in [0.5, 0.6) is 0 Å². The average Bonchev–Trinajstić information content (AvgIpc) is 2.92. The van der Waals surface area contributed by atoms with Gasteiger partial charge in [-0.2, -0.15) is 26.3 Å². The van der Waals surface area contributed by atoms with E-state index in [0.29, 0.717) is 23.3 Å². The lowest BCUT2D eigenvalue weighted by molar-refractivity contribution is -0.348. The Morgan fingerprint density at radius 3 is 1.87 bits per heavy atom. The van der Waals surface area contributed by atoms with E-state index in [1.807, 2.05) is 13.8 Å². The number of carbonyl (C=O) groups is 1. The number of halogens is 8. The van der Waals surface area contributed by atoms with Crippen LogP contribution in [0.2, 0.25) is 0 Å². The number of aryl methyl sites for hydroxylation is 2. The van der Waals surface area contributed by atoms with E-state index < -0.39 is 35.0 Å². The van der Waals surface area contributed by atoms with Gasteiger partial charge < -0.3 is 0 Å². The molecule has 2 aromatic rings. The van der Waals surface area contributed by atoms with Crippen LogP contribution in [-0.4, -0.2) is 18.3 Å². The lowest BCUT2D eigenvalue weighted by Gasteiger charge is -2.31. The van der Waals surface area contributed by atoms with E-state index in [2.05, 4.69) is 0 Å². The van der Waals surface area contributed by atoms with Crippen LogP contribution < -0.4 is 4.90 Å². The van der Waals surface area contributed by atoms with Gasteiger partial charge in [-0.15, -0.1) is 0 Å². The SMILES string of the molecule is CC.Cc1cc(C(F)(C(F)(F)F)C(F)(F)F)ccc1N1C(=O)c2cccc(C)c2C1Cl. The number of hydrogen-bond donors (Lipinski definition) is 0. The standard InChI is InChI=1S/C19H13ClF7NO.C2H6/c1-9-4-3-5-12-14(9)15(20)28(16(12)29)13-7-6-11(8-10(13)2)17(21,18(22,23)24)19(25,26)27;1-2/h3-8,15H,1-2H3;1-2H3. The molecule has 31 heavy (non-hydrogen) atoms. The molecule has 1 unspecified atom stereocenters. The number of nitrogens with zero attached hydrogens (tertiary/aromatic N) is 1. The fraction of sp³-hybridized carbons (Fsp3) is 0.381. The quantitative estimate of drug-likeness (QED) is 0.253. The Bertz CT molecular complexity index is 971. The van der Waals surface area contributed by atoms with Gasteiger partial charge in [0.2, 0.25) is 0 Å². The summed E-state index contributed by atoms with van der Waals surface area (Å²) in [6.45, 7) is 6.89. The highest BCUT2D eigenvalue weighted by atomic mass is 35.5. The summed E-state index contributed by atoms with van der Waals surface area (Å²) in [7, 11) is 0. The number of anilines is 1. The van der Waals surface area contributed by atoms with E-state index in [1.165, 1.54) is 13.0 Å². The summed E-state index contributed by atoms with van der Waals surface area (Å²) in [5.74, 6) is -0.558. The molecule has 3 rings (SSSR count). The third-order valence-electron chi connectivity index (χ3n) is 4.87. The van der Waals surface area contributed by atoms with Crippen molar-refractivity contribution < 1.29 is 35.5 Å². The molecule has 0 saturated carbocycles. The van der Waals surface area contributed by atoms with Gasteiger partial charge in [0.25, 0.3) is 5.91 Å². The molecule has 1 aliphatic rings. The molecule has 2 nitrogen and oxygen atoms in total. The molecule has 2 aromatic carbocycles. The van der Waals surface area contributed by atoms with Gasteiger partial charge >= 0.3 is 18.0 Å². The molecule has 10 heteroatoms. The molecular formula is C21H19ClF7NO. The van der Waals surface area contributed by atoms with Gasteiger partial charge in [-0.05, 0) is 37.1 Å². The molecule has 1 aliphatic heterocycles. The van der Waals surface area contributed by atoms with E-state index in [4.69, 9.17) is 11.6 Å².